The molecule has 0 radical (unpaired) electrons. The highest BCUT2D eigenvalue weighted by atomic mass is 35.7. The Kier molecular flexibility index (Phi) is 6.65. The smallest absolute Gasteiger partial charge is 0.261 e. The lowest BCUT2D eigenvalue weighted by Crippen LogP contribution is -2.27. The summed E-state index contributed by atoms with van der Waals surface area (Å²) in [7, 11) is 0.341. The van der Waals surface area contributed by atoms with Crippen molar-refractivity contribution in [3.63, 3.8) is 0 Å². The molecule has 0 fully saturated rings. The lowest BCUT2D eigenvalue weighted by molar-refractivity contribution is 0.0953. The van der Waals surface area contributed by atoms with Crippen LogP contribution in [-0.4, -0.2) is 36.6 Å². The van der Waals surface area contributed by atoms with E-state index in [1.54, 1.807) is 6.26 Å². The van der Waals surface area contributed by atoms with Crippen LogP contribution in [0.3, 0.4) is 0 Å². The standard InChI is InChI=1S/C12H15Cl2NO4S2/c1-8(20(2)17)5-6-15-12(16)10-7-9(21(14,18)19)3-4-11(10)13/h3-4,7-8H,5-6H2,1-2H3,(H,15,16). The Hall–Kier alpha value is -0.630. The first kappa shape index (κ1) is 18.4. The van der Waals surface area contributed by atoms with Gasteiger partial charge in [-0.1, -0.05) is 18.5 Å². The van der Waals surface area contributed by atoms with E-state index in [0.717, 1.165) is 6.07 Å². The minimum atomic E-state index is -3.93. The molecular formula is C12H15Cl2NO4S2. The van der Waals surface area contributed by atoms with E-state index in [1.165, 1.54) is 12.1 Å². The highest BCUT2D eigenvalue weighted by molar-refractivity contribution is 8.13. The summed E-state index contributed by atoms with van der Waals surface area (Å²) in [6, 6.07) is 3.65. The Morgan fingerprint density at radius 2 is 2.05 bits per heavy atom. The Morgan fingerprint density at radius 3 is 2.57 bits per heavy atom. The molecule has 2 atom stereocenters. The summed E-state index contributed by atoms with van der Waals surface area (Å²) in [5.74, 6) is -0.503. The van der Waals surface area contributed by atoms with Crippen LogP contribution in [0.1, 0.15) is 23.7 Å². The van der Waals surface area contributed by atoms with E-state index in [9.17, 15) is 17.4 Å². The molecular weight excluding hydrogens is 357 g/mol. The monoisotopic (exact) mass is 371 g/mol. The van der Waals surface area contributed by atoms with Crippen LogP contribution in [0, 0.1) is 0 Å². The first-order chi connectivity index (χ1) is 9.62. The predicted molar refractivity (Wildman–Crippen MR) is 85.0 cm³/mol. The number of nitrogens with one attached hydrogen (secondary N) is 1. The summed E-state index contributed by atoms with van der Waals surface area (Å²) >= 11 is 5.89. The molecule has 0 spiro atoms. The fraction of sp³-hybridized carbons (Fsp3) is 0.417. The van der Waals surface area contributed by atoms with Crippen molar-refractivity contribution in [2.24, 2.45) is 0 Å². The first-order valence-corrected chi connectivity index (χ1v) is 10.3. The molecule has 21 heavy (non-hydrogen) atoms. The van der Waals surface area contributed by atoms with Crippen molar-refractivity contribution in [2.75, 3.05) is 12.8 Å². The lowest BCUT2D eigenvalue weighted by Gasteiger charge is -2.10. The maximum atomic E-state index is 12.0. The molecule has 1 aromatic rings. The van der Waals surface area contributed by atoms with Gasteiger partial charge in [-0.15, -0.1) is 0 Å². The van der Waals surface area contributed by atoms with Crippen LogP contribution in [-0.2, 0) is 19.9 Å². The van der Waals surface area contributed by atoms with Gasteiger partial charge in [0.25, 0.3) is 15.0 Å². The third kappa shape index (κ3) is 5.58. The summed E-state index contributed by atoms with van der Waals surface area (Å²) in [6.07, 6.45) is 2.14. The number of halogens is 2. The van der Waals surface area contributed by atoms with Crippen molar-refractivity contribution in [1.82, 2.24) is 5.32 Å². The molecule has 1 N–H and O–H groups in total. The highest BCUT2D eigenvalue weighted by Crippen LogP contribution is 2.22. The predicted octanol–water partition coefficient (Wildman–Crippen LogP) is 2.15. The Balaban J connectivity index is 2.81. The molecule has 0 aliphatic rings. The van der Waals surface area contributed by atoms with Crippen molar-refractivity contribution in [1.29, 1.82) is 0 Å². The maximum Gasteiger partial charge on any atom is 0.261 e. The fourth-order valence-electron chi connectivity index (χ4n) is 1.48. The van der Waals surface area contributed by atoms with E-state index in [1.807, 2.05) is 6.92 Å². The van der Waals surface area contributed by atoms with Crippen molar-refractivity contribution in [3.05, 3.63) is 28.8 Å². The van der Waals surface area contributed by atoms with Gasteiger partial charge in [0.15, 0.2) is 0 Å². The number of hydrogen-bond donors (Lipinski definition) is 1. The fourth-order valence-corrected chi connectivity index (χ4v) is 2.91. The second kappa shape index (κ2) is 7.58. The van der Waals surface area contributed by atoms with Crippen LogP contribution in [0.2, 0.25) is 5.02 Å². The van der Waals surface area contributed by atoms with Gasteiger partial charge in [-0.05, 0) is 24.6 Å². The normalized spacial score (nSPS) is 14.5. The van der Waals surface area contributed by atoms with E-state index in [4.69, 9.17) is 22.3 Å². The van der Waals surface area contributed by atoms with Gasteiger partial charge in [-0.2, -0.15) is 0 Å². The number of amides is 1. The van der Waals surface area contributed by atoms with Crippen LogP contribution < -0.4 is 5.32 Å². The Labute approximate surface area is 135 Å². The summed E-state index contributed by atoms with van der Waals surface area (Å²) in [5.41, 5.74) is 0.0312. The van der Waals surface area contributed by atoms with Gasteiger partial charge < -0.3 is 5.32 Å². The first-order valence-electron chi connectivity index (χ1n) is 5.97. The van der Waals surface area contributed by atoms with Crippen molar-refractivity contribution >= 4 is 48.0 Å². The second-order valence-electron chi connectivity index (χ2n) is 4.43. The average molecular weight is 372 g/mol. The molecule has 0 aliphatic carbocycles. The number of carbonyl (C=O) groups is 1. The van der Waals surface area contributed by atoms with Crippen LogP contribution in [0.25, 0.3) is 0 Å². The molecule has 1 aromatic carbocycles. The highest BCUT2D eigenvalue weighted by Gasteiger charge is 2.17. The summed E-state index contributed by atoms with van der Waals surface area (Å²) in [4.78, 5) is 11.8. The van der Waals surface area contributed by atoms with Gasteiger partial charge >= 0.3 is 0 Å². The molecule has 1 rings (SSSR count). The summed E-state index contributed by atoms with van der Waals surface area (Å²) in [6.45, 7) is 2.13. The molecule has 5 nitrogen and oxygen atoms in total. The van der Waals surface area contributed by atoms with E-state index in [0.29, 0.717) is 13.0 Å². The van der Waals surface area contributed by atoms with Gasteiger partial charge in [0, 0.05) is 39.5 Å². The van der Waals surface area contributed by atoms with Gasteiger partial charge in [-0.3, -0.25) is 9.00 Å². The molecule has 118 valence electrons. The van der Waals surface area contributed by atoms with Gasteiger partial charge in [-0.25, -0.2) is 8.42 Å². The van der Waals surface area contributed by atoms with Crippen LogP contribution >= 0.6 is 22.3 Å². The summed E-state index contributed by atoms with van der Waals surface area (Å²) in [5, 5.41) is 2.69. The zero-order chi connectivity index (χ0) is 16.2. The molecule has 0 saturated carbocycles. The zero-order valence-electron chi connectivity index (χ0n) is 11.4. The van der Waals surface area contributed by atoms with Crippen LogP contribution in [0.15, 0.2) is 23.1 Å². The largest absolute Gasteiger partial charge is 0.352 e. The quantitative estimate of drug-likeness (QED) is 0.776. The lowest BCUT2D eigenvalue weighted by atomic mass is 10.2. The Morgan fingerprint density at radius 1 is 1.43 bits per heavy atom. The van der Waals surface area contributed by atoms with E-state index in [-0.39, 0.29) is 20.7 Å². The third-order valence-corrected chi connectivity index (χ3v) is 5.92. The maximum absolute atomic E-state index is 12.0. The molecule has 0 aliphatic heterocycles. The average Bonchev–Trinajstić information content (AvgIpc) is 2.37. The molecule has 0 heterocycles. The molecule has 2 unspecified atom stereocenters. The van der Waals surface area contributed by atoms with E-state index in [2.05, 4.69) is 5.32 Å². The van der Waals surface area contributed by atoms with Crippen LogP contribution in [0.4, 0.5) is 0 Å². The molecule has 0 aromatic heterocycles. The van der Waals surface area contributed by atoms with Gasteiger partial charge in [0.1, 0.15) is 0 Å². The Bertz CT molecular complexity index is 661. The topological polar surface area (TPSA) is 80.3 Å². The molecule has 1 amide bonds. The molecule has 9 heteroatoms. The van der Waals surface area contributed by atoms with Gasteiger partial charge in [0.05, 0.1) is 15.5 Å². The zero-order valence-corrected chi connectivity index (χ0v) is 14.6. The number of carbonyl (C=O) groups excluding carboxylic acids is 1. The van der Waals surface area contributed by atoms with Gasteiger partial charge in [0.2, 0.25) is 0 Å². The van der Waals surface area contributed by atoms with Crippen LogP contribution in [0.5, 0.6) is 0 Å². The SMILES string of the molecule is CC(CCNC(=O)c1cc(S(=O)(=O)Cl)ccc1Cl)S(C)=O. The number of hydrogen-bond acceptors (Lipinski definition) is 4. The van der Waals surface area contributed by atoms with Crippen molar-refractivity contribution in [2.45, 2.75) is 23.5 Å². The summed E-state index contributed by atoms with van der Waals surface area (Å²) < 4.78 is 33.7. The minimum absolute atomic E-state index is 0.0312. The number of benzene rings is 1. The number of rotatable bonds is 6. The van der Waals surface area contributed by atoms with E-state index >= 15 is 0 Å². The minimum Gasteiger partial charge on any atom is -0.352 e. The second-order valence-corrected chi connectivity index (χ2v) is 9.21. The molecule has 0 saturated heterocycles. The molecule has 0 bridgehead atoms. The van der Waals surface area contributed by atoms with Crippen molar-refractivity contribution < 1.29 is 17.4 Å². The van der Waals surface area contributed by atoms with E-state index < -0.39 is 25.8 Å². The third-order valence-electron chi connectivity index (χ3n) is 2.87. The van der Waals surface area contributed by atoms with Crippen molar-refractivity contribution in [3.8, 4) is 0 Å².